The SMILES string of the molecule is CC1(CN[C@H]2CCN(C(=O)O)C2)CC1. The van der Waals surface area contributed by atoms with Gasteiger partial charge in [0.15, 0.2) is 0 Å². The van der Waals surface area contributed by atoms with Crippen LogP contribution in [0.3, 0.4) is 0 Å². The molecule has 0 spiro atoms. The van der Waals surface area contributed by atoms with E-state index in [1.165, 1.54) is 17.7 Å². The third-order valence-electron chi connectivity index (χ3n) is 3.38. The van der Waals surface area contributed by atoms with Crippen LogP contribution in [0.2, 0.25) is 0 Å². The van der Waals surface area contributed by atoms with Crippen molar-refractivity contribution in [3.8, 4) is 0 Å². The minimum absolute atomic E-state index is 0.378. The topological polar surface area (TPSA) is 52.6 Å². The molecule has 2 N–H and O–H groups in total. The third kappa shape index (κ3) is 2.18. The number of hydrogen-bond acceptors (Lipinski definition) is 2. The lowest BCUT2D eigenvalue weighted by Crippen LogP contribution is -2.37. The summed E-state index contributed by atoms with van der Waals surface area (Å²) in [7, 11) is 0. The van der Waals surface area contributed by atoms with Crippen LogP contribution in [-0.2, 0) is 0 Å². The van der Waals surface area contributed by atoms with Crippen LogP contribution in [0.15, 0.2) is 0 Å². The third-order valence-corrected chi connectivity index (χ3v) is 3.38. The summed E-state index contributed by atoms with van der Waals surface area (Å²) < 4.78 is 0. The highest BCUT2D eigenvalue weighted by Crippen LogP contribution is 2.44. The molecule has 1 heterocycles. The molecule has 0 unspecified atom stereocenters. The zero-order chi connectivity index (χ0) is 10.2. The van der Waals surface area contributed by atoms with E-state index in [0.717, 1.165) is 13.0 Å². The van der Waals surface area contributed by atoms with Crippen LogP contribution in [0.1, 0.15) is 26.2 Å². The zero-order valence-corrected chi connectivity index (χ0v) is 8.62. The van der Waals surface area contributed by atoms with Gasteiger partial charge in [0.1, 0.15) is 0 Å². The first-order valence-corrected chi connectivity index (χ1v) is 5.30. The van der Waals surface area contributed by atoms with Gasteiger partial charge in [0.25, 0.3) is 0 Å². The highest BCUT2D eigenvalue weighted by molar-refractivity contribution is 5.65. The first kappa shape index (κ1) is 9.77. The van der Waals surface area contributed by atoms with Gasteiger partial charge in [-0.15, -0.1) is 0 Å². The number of amides is 1. The molecule has 80 valence electrons. The number of carbonyl (C=O) groups is 1. The van der Waals surface area contributed by atoms with Crippen molar-refractivity contribution in [3.63, 3.8) is 0 Å². The fourth-order valence-corrected chi connectivity index (χ4v) is 1.88. The summed E-state index contributed by atoms with van der Waals surface area (Å²) in [5.41, 5.74) is 0.511. The number of carboxylic acid groups (broad SMARTS) is 1. The molecule has 2 aliphatic rings. The Hall–Kier alpha value is -0.770. The number of likely N-dealkylation sites (tertiary alicyclic amines) is 1. The molecule has 14 heavy (non-hydrogen) atoms. The van der Waals surface area contributed by atoms with E-state index in [2.05, 4.69) is 12.2 Å². The predicted molar refractivity (Wildman–Crippen MR) is 53.3 cm³/mol. The molecule has 1 atom stereocenters. The Morgan fingerprint density at radius 2 is 2.36 bits per heavy atom. The first-order chi connectivity index (χ1) is 6.59. The second-order valence-corrected chi connectivity index (χ2v) is 4.91. The monoisotopic (exact) mass is 198 g/mol. The van der Waals surface area contributed by atoms with E-state index < -0.39 is 6.09 Å². The lowest BCUT2D eigenvalue weighted by atomic mass is 10.1. The van der Waals surface area contributed by atoms with Gasteiger partial charge in [-0.25, -0.2) is 4.79 Å². The lowest BCUT2D eigenvalue weighted by Gasteiger charge is -2.16. The van der Waals surface area contributed by atoms with Crippen molar-refractivity contribution >= 4 is 6.09 Å². The average molecular weight is 198 g/mol. The van der Waals surface area contributed by atoms with Gasteiger partial charge in [0, 0.05) is 25.7 Å². The van der Waals surface area contributed by atoms with E-state index in [-0.39, 0.29) is 0 Å². The Balaban J connectivity index is 1.70. The summed E-state index contributed by atoms with van der Waals surface area (Å²) in [4.78, 5) is 12.2. The lowest BCUT2D eigenvalue weighted by molar-refractivity contribution is 0.154. The van der Waals surface area contributed by atoms with Gasteiger partial charge < -0.3 is 15.3 Å². The highest BCUT2D eigenvalue weighted by Gasteiger charge is 2.38. The van der Waals surface area contributed by atoms with Crippen LogP contribution in [0.4, 0.5) is 4.79 Å². The predicted octanol–water partition coefficient (Wildman–Crippen LogP) is 1.13. The van der Waals surface area contributed by atoms with Crippen molar-refractivity contribution in [2.45, 2.75) is 32.2 Å². The van der Waals surface area contributed by atoms with Gasteiger partial charge in [-0.1, -0.05) is 6.92 Å². The molecule has 4 heteroatoms. The number of nitrogens with one attached hydrogen (secondary N) is 1. The maximum atomic E-state index is 10.7. The molecule has 0 aromatic heterocycles. The second-order valence-electron chi connectivity index (χ2n) is 4.91. The van der Waals surface area contributed by atoms with Crippen molar-refractivity contribution in [3.05, 3.63) is 0 Å². The minimum Gasteiger partial charge on any atom is -0.465 e. The Morgan fingerprint density at radius 1 is 1.64 bits per heavy atom. The summed E-state index contributed by atoms with van der Waals surface area (Å²) in [6, 6.07) is 0.378. The Morgan fingerprint density at radius 3 is 2.86 bits per heavy atom. The standard InChI is InChI=1S/C10H18N2O2/c1-10(3-4-10)7-11-8-2-5-12(6-8)9(13)14/h8,11H,2-7H2,1H3,(H,13,14)/t8-/m0/s1. The van der Waals surface area contributed by atoms with Gasteiger partial charge >= 0.3 is 6.09 Å². The summed E-state index contributed by atoms with van der Waals surface area (Å²) in [6.07, 6.45) is 2.81. The second kappa shape index (κ2) is 3.42. The van der Waals surface area contributed by atoms with Crippen LogP contribution in [0.25, 0.3) is 0 Å². The molecule has 4 nitrogen and oxygen atoms in total. The van der Waals surface area contributed by atoms with E-state index in [4.69, 9.17) is 5.11 Å². The van der Waals surface area contributed by atoms with Gasteiger partial charge in [-0.05, 0) is 24.7 Å². The van der Waals surface area contributed by atoms with Gasteiger partial charge in [-0.3, -0.25) is 0 Å². The summed E-state index contributed by atoms with van der Waals surface area (Å²) >= 11 is 0. The van der Waals surface area contributed by atoms with Crippen molar-refractivity contribution in [2.75, 3.05) is 19.6 Å². The molecule has 0 radical (unpaired) electrons. The highest BCUT2D eigenvalue weighted by atomic mass is 16.4. The van der Waals surface area contributed by atoms with Crippen LogP contribution in [0.5, 0.6) is 0 Å². The molecule has 0 aromatic rings. The van der Waals surface area contributed by atoms with Crippen molar-refractivity contribution in [2.24, 2.45) is 5.41 Å². The Bertz CT molecular complexity index is 238. The molecule has 1 aliphatic heterocycles. The summed E-state index contributed by atoms with van der Waals surface area (Å²) in [6.45, 7) is 4.67. The van der Waals surface area contributed by atoms with Crippen LogP contribution >= 0.6 is 0 Å². The number of rotatable bonds is 3. The average Bonchev–Trinajstić information content (AvgIpc) is 2.68. The fourth-order valence-electron chi connectivity index (χ4n) is 1.88. The normalized spacial score (nSPS) is 29.2. The largest absolute Gasteiger partial charge is 0.465 e. The maximum absolute atomic E-state index is 10.7. The molecular formula is C10H18N2O2. The number of hydrogen-bond donors (Lipinski definition) is 2. The van der Waals surface area contributed by atoms with Gasteiger partial charge in [-0.2, -0.15) is 0 Å². The van der Waals surface area contributed by atoms with E-state index in [1.807, 2.05) is 0 Å². The Labute approximate surface area is 84.3 Å². The molecule has 1 saturated heterocycles. The molecular weight excluding hydrogens is 180 g/mol. The maximum Gasteiger partial charge on any atom is 0.407 e. The molecule has 1 saturated carbocycles. The van der Waals surface area contributed by atoms with E-state index in [9.17, 15) is 4.79 Å². The van der Waals surface area contributed by atoms with E-state index in [1.54, 1.807) is 0 Å². The van der Waals surface area contributed by atoms with Crippen molar-refractivity contribution in [1.82, 2.24) is 10.2 Å². The zero-order valence-electron chi connectivity index (χ0n) is 8.62. The molecule has 0 aromatic carbocycles. The van der Waals surface area contributed by atoms with Crippen LogP contribution in [0, 0.1) is 5.41 Å². The quantitative estimate of drug-likeness (QED) is 0.714. The van der Waals surface area contributed by atoms with E-state index >= 15 is 0 Å². The van der Waals surface area contributed by atoms with Crippen molar-refractivity contribution in [1.29, 1.82) is 0 Å². The number of nitrogens with zero attached hydrogens (tertiary/aromatic N) is 1. The first-order valence-electron chi connectivity index (χ1n) is 5.30. The molecule has 0 bridgehead atoms. The van der Waals surface area contributed by atoms with Crippen LogP contribution < -0.4 is 5.32 Å². The van der Waals surface area contributed by atoms with Crippen molar-refractivity contribution < 1.29 is 9.90 Å². The fraction of sp³-hybridized carbons (Fsp3) is 0.900. The molecule has 1 aliphatic carbocycles. The molecule has 2 fully saturated rings. The Kier molecular flexibility index (Phi) is 2.39. The smallest absolute Gasteiger partial charge is 0.407 e. The molecule has 1 amide bonds. The summed E-state index contributed by atoms with van der Waals surface area (Å²) in [5.74, 6) is 0. The molecule has 2 rings (SSSR count). The minimum atomic E-state index is -0.785. The van der Waals surface area contributed by atoms with E-state index in [0.29, 0.717) is 24.5 Å². The van der Waals surface area contributed by atoms with Gasteiger partial charge in [0.05, 0.1) is 0 Å². The summed E-state index contributed by atoms with van der Waals surface area (Å²) in [5, 5.41) is 12.2. The van der Waals surface area contributed by atoms with Crippen LogP contribution in [-0.4, -0.2) is 41.8 Å². The van der Waals surface area contributed by atoms with Gasteiger partial charge in [0.2, 0.25) is 0 Å².